The molecule has 4 nitrogen and oxygen atoms in total. The van der Waals surface area contributed by atoms with Gasteiger partial charge in [-0.05, 0) is 31.2 Å². The fourth-order valence-corrected chi connectivity index (χ4v) is 3.92. The Kier molecular flexibility index (Phi) is 5.40. The van der Waals surface area contributed by atoms with E-state index in [1.807, 2.05) is 85.8 Å². The van der Waals surface area contributed by atoms with Crippen molar-refractivity contribution in [1.29, 1.82) is 0 Å². The topological polar surface area (TPSA) is 51.2 Å². The zero-order valence-electron chi connectivity index (χ0n) is 16.2. The van der Waals surface area contributed by atoms with Gasteiger partial charge in [0.1, 0.15) is 10.6 Å². The number of carbonyl (C=O) groups is 1. The Labute approximate surface area is 173 Å². The van der Waals surface area contributed by atoms with Gasteiger partial charge < -0.3 is 10.1 Å². The normalized spacial score (nSPS) is 10.6. The summed E-state index contributed by atoms with van der Waals surface area (Å²) in [5.41, 5.74) is 4.27. The molecule has 0 aliphatic carbocycles. The van der Waals surface area contributed by atoms with Gasteiger partial charge in [0.15, 0.2) is 5.13 Å². The van der Waals surface area contributed by atoms with Crippen LogP contribution < -0.4 is 10.1 Å². The van der Waals surface area contributed by atoms with E-state index in [1.165, 1.54) is 11.3 Å². The van der Waals surface area contributed by atoms with Gasteiger partial charge in [-0.1, -0.05) is 71.5 Å². The molecular weight excluding hydrogens is 380 g/mol. The van der Waals surface area contributed by atoms with E-state index in [9.17, 15) is 4.79 Å². The molecule has 29 heavy (non-hydrogen) atoms. The van der Waals surface area contributed by atoms with Gasteiger partial charge in [0, 0.05) is 16.8 Å². The predicted molar refractivity (Wildman–Crippen MR) is 118 cm³/mol. The highest BCUT2D eigenvalue weighted by atomic mass is 32.1. The molecule has 1 aromatic heterocycles. The number of carbonyl (C=O) groups excluding carboxylic acids is 1. The van der Waals surface area contributed by atoms with Crippen LogP contribution in [0, 0.1) is 6.92 Å². The number of rotatable bonds is 6. The van der Waals surface area contributed by atoms with E-state index < -0.39 is 0 Å². The van der Waals surface area contributed by atoms with Crippen molar-refractivity contribution in [2.45, 2.75) is 6.92 Å². The molecule has 0 atom stereocenters. The van der Waals surface area contributed by atoms with Crippen LogP contribution in [-0.2, 0) is 0 Å². The lowest BCUT2D eigenvalue weighted by atomic mass is 10.0. The minimum Gasteiger partial charge on any atom is -0.497 e. The van der Waals surface area contributed by atoms with Crippen molar-refractivity contribution in [3.8, 4) is 17.0 Å². The molecule has 0 unspecified atom stereocenters. The van der Waals surface area contributed by atoms with Gasteiger partial charge in [0.25, 0.3) is 0 Å². The molecule has 144 valence electrons. The third-order valence-corrected chi connectivity index (χ3v) is 5.51. The van der Waals surface area contributed by atoms with Crippen LogP contribution >= 0.6 is 11.3 Å². The fourth-order valence-electron chi connectivity index (χ4n) is 2.95. The molecule has 3 aromatic carbocycles. The SMILES string of the molecule is COc1ccc(Nc2nc(-c3ccccc3)c(C(=O)c3ccc(C)cc3)s2)cc1. The highest BCUT2D eigenvalue weighted by Gasteiger charge is 2.21. The highest BCUT2D eigenvalue weighted by molar-refractivity contribution is 7.18. The van der Waals surface area contributed by atoms with E-state index in [-0.39, 0.29) is 5.78 Å². The molecule has 0 saturated heterocycles. The lowest BCUT2D eigenvalue weighted by molar-refractivity contribution is 0.104. The summed E-state index contributed by atoms with van der Waals surface area (Å²) in [6, 6.07) is 25.0. The molecular formula is C24H20N2O2S. The maximum absolute atomic E-state index is 13.2. The lowest BCUT2D eigenvalue weighted by Gasteiger charge is -2.03. The average Bonchev–Trinajstić information content (AvgIpc) is 3.19. The molecule has 0 spiro atoms. The number of hydrogen-bond donors (Lipinski definition) is 1. The fraction of sp³-hybridized carbons (Fsp3) is 0.0833. The van der Waals surface area contributed by atoms with E-state index in [0.29, 0.717) is 21.3 Å². The molecule has 5 heteroatoms. The molecule has 0 bridgehead atoms. The molecule has 1 heterocycles. The first kappa shape index (κ1) is 18.9. The third-order valence-electron chi connectivity index (χ3n) is 4.54. The van der Waals surface area contributed by atoms with Crippen LogP contribution in [-0.4, -0.2) is 17.9 Å². The maximum Gasteiger partial charge on any atom is 0.205 e. The Morgan fingerprint density at radius 3 is 2.28 bits per heavy atom. The van der Waals surface area contributed by atoms with E-state index in [0.717, 1.165) is 22.6 Å². The quantitative estimate of drug-likeness (QED) is 0.397. The smallest absolute Gasteiger partial charge is 0.205 e. The minimum absolute atomic E-state index is 0.0240. The van der Waals surface area contributed by atoms with Gasteiger partial charge in [-0.25, -0.2) is 4.98 Å². The maximum atomic E-state index is 13.2. The van der Waals surface area contributed by atoms with Crippen LogP contribution in [0.1, 0.15) is 20.8 Å². The molecule has 0 aliphatic heterocycles. The molecule has 0 aliphatic rings. The van der Waals surface area contributed by atoms with Crippen molar-refractivity contribution in [1.82, 2.24) is 4.98 Å². The Morgan fingerprint density at radius 1 is 0.931 bits per heavy atom. The number of hydrogen-bond acceptors (Lipinski definition) is 5. The van der Waals surface area contributed by atoms with Gasteiger partial charge in [-0.2, -0.15) is 0 Å². The van der Waals surface area contributed by atoms with E-state index in [4.69, 9.17) is 9.72 Å². The minimum atomic E-state index is -0.0240. The summed E-state index contributed by atoms with van der Waals surface area (Å²) in [5, 5.41) is 3.97. The molecule has 0 saturated carbocycles. The van der Waals surface area contributed by atoms with Crippen LogP contribution in [0.3, 0.4) is 0 Å². The number of anilines is 2. The third kappa shape index (κ3) is 4.20. The standard InChI is InChI=1S/C24H20N2O2S/c1-16-8-10-18(11-9-16)22(27)23-21(17-6-4-3-5-7-17)26-24(29-23)25-19-12-14-20(28-2)15-13-19/h3-15H,1-2H3,(H,25,26). The zero-order chi connectivity index (χ0) is 20.2. The number of nitrogens with one attached hydrogen (secondary N) is 1. The van der Waals surface area contributed by atoms with Gasteiger partial charge in [-0.15, -0.1) is 0 Å². The molecule has 0 amide bonds. The summed E-state index contributed by atoms with van der Waals surface area (Å²) in [6.07, 6.45) is 0. The number of aromatic nitrogens is 1. The predicted octanol–water partition coefficient (Wildman–Crippen LogP) is 6.10. The van der Waals surface area contributed by atoms with Gasteiger partial charge >= 0.3 is 0 Å². The summed E-state index contributed by atoms with van der Waals surface area (Å²) in [5.74, 6) is 0.763. The summed E-state index contributed by atoms with van der Waals surface area (Å²) in [6.45, 7) is 2.01. The van der Waals surface area contributed by atoms with Crippen molar-refractivity contribution < 1.29 is 9.53 Å². The van der Waals surface area contributed by atoms with Crippen LogP contribution in [0.15, 0.2) is 78.9 Å². The second kappa shape index (κ2) is 8.29. The first-order valence-corrected chi connectivity index (χ1v) is 10.0. The van der Waals surface area contributed by atoms with Crippen molar-refractivity contribution in [3.05, 3.63) is 94.9 Å². The van der Waals surface area contributed by atoms with Crippen molar-refractivity contribution in [2.24, 2.45) is 0 Å². The van der Waals surface area contributed by atoms with Gasteiger partial charge in [0.05, 0.1) is 12.8 Å². The Balaban J connectivity index is 1.72. The first-order valence-electron chi connectivity index (χ1n) is 9.23. The van der Waals surface area contributed by atoms with Gasteiger partial charge in [-0.3, -0.25) is 4.79 Å². The second-order valence-corrected chi connectivity index (χ2v) is 7.61. The zero-order valence-corrected chi connectivity index (χ0v) is 17.0. The van der Waals surface area contributed by atoms with E-state index in [1.54, 1.807) is 7.11 Å². The monoisotopic (exact) mass is 400 g/mol. The number of thiazole rings is 1. The molecule has 1 N–H and O–H groups in total. The van der Waals surface area contributed by atoms with Crippen molar-refractivity contribution in [2.75, 3.05) is 12.4 Å². The molecule has 0 radical (unpaired) electrons. The van der Waals surface area contributed by atoms with E-state index >= 15 is 0 Å². The Morgan fingerprint density at radius 2 is 1.62 bits per heavy atom. The summed E-state index contributed by atoms with van der Waals surface area (Å²) in [7, 11) is 1.64. The number of nitrogens with zero attached hydrogens (tertiary/aromatic N) is 1. The number of ether oxygens (including phenoxy) is 1. The van der Waals surface area contributed by atoms with Crippen molar-refractivity contribution in [3.63, 3.8) is 0 Å². The lowest BCUT2D eigenvalue weighted by Crippen LogP contribution is -2.00. The number of aryl methyl sites for hydroxylation is 1. The van der Waals surface area contributed by atoms with Crippen LogP contribution in [0.2, 0.25) is 0 Å². The molecule has 4 aromatic rings. The summed E-state index contributed by atoms with van der Waals surface area (Å²) >= 11 is 1.36. The van der Waals surface area contributed by atoms with Crippen LogP contribution in [0.25, 0.3) is 11.3 Å². The number of methoxy groups -OCH3 is 1. The summed E-state index contributed by atoms with van der Waals surface area (Å²) < 4.78 is 5.20. The average molecular weight is 401 g/mol. The Hall–Kier alpha value is -3.44. The van der Waals surface area contributed by atoms with Crippen molar-refractivity contribution >= 4 is 27.9 Å². The van der Waals surface area contributed by atoms with Crippen LogP contribution in [0.4, 0.5) is 10.8 Å². The molecule has 4 rings (SSSR count). The first-order chi connectivity index (χ1) is 14.1. The second-order valence-electron chi connectivity index (χ2n) is 6.61. The molecule has 0 fully saturated rings. The van der Waals surface area contributed by atoms with Crippen LogP contribution in [0.5, 0.6) is 5.75 Å². The summed E-state index contributed by atoms with van der Waals surface area (Å²) in [4.78, 5) is 18.6. The number of benzene rings is 3. The van der Waals surface area contributed by atoms with Gasteiger partial charge in [0.2, 0.25) is 5.78 Å². The number of ketones is 1. The Bertz CT molecular complexity index is 1120. The van der Waals surface area contributed by atoms with E-state index in [2.05, 4.69) is 5.32 Å². The highest BCUT2D eigenvalue weighted by Crippen LogP contribution is 2.34. The largest absolute Gasteiger partial charge is 0.497 e.